The molecule has 2 aromatic heterocycles. The molecule has 0 spiro atoms. The number of ether oxygens (including phenoxy) is 1. The van der Waals surface area contributed by atoms with Crippen LogP contribution in [-0.2, 0) is 15.6 Å². The lowest BCUT2D eigenvalue weighted by Crippen LogP contribution is -2.07. The summed E-state index contributed by atoms with van der Waals surface area (Å²) in [5, 5.41) is 4.90. The van der Waals surface area contributed by atoms with E-state index in [9.17, 15) is 8.42 Å². The van der Waals surface area contributed by atoms with Crippen LogP contribution in [0.1, 0.15) is 5.82 Å². The van der Waals surface area contributed by atoms with Crippen LogP contribution in [-0.4, -0.2) is 35.1 Å². The predicted molar refractivity (Wildman–Crippen MR) is 96.6 cm³/mol. The van der Waals surface area contributed by atoms with Crippen molar-refractivity contribution in [1.29, 1.82) is 0 Å². The summed E-state index contributed by atoms with van der Waals surface area (Å²) in [6.07, 6.45) is 0. The highest BCUT2D eigenvalue weighted by Crippen LogP contribution is 2.27. The van der Waals surface area contributed by atoms with Crippen molar-refractivity contribution >= 4 is 32.3 Å². The molecule has 4 rings (SSSR count). The van der Waals surface area contributed by atoms with Crippen LogP contribution in [0.25, 0.3) is 16.6 Å². The van der Waals surface area contributed by atoms with Crippen molar-refractivity contribution in [2.75, 3.05) is 12.8 Å². The molecule has 0 saturated carbocycles. The number of aromatic nitrogens is 4. The largest absolute Gasteiger partial charge is 0.494 e. The van der Waals surface area contributed by atoms with E-state index in [0.717, 1.165) is 0 Å². The van der Waals surface area contributed by atoms with Gasteiger partial charge in [0.25, 0.3) is 0 Å². The van der Waals surface area contributed by atoms with Crippen LogP contribution in [0.5, 0.6) is 5.75 Å². The first-order valence-corrected chi connectivity index (χ1v) is 9.40. The third-order valence-electron chi connectivity index (χ3n) is 3.98. The van der Waals surface area contributed by atoms with Gasteiger partial charge in [-0.25, -0.2) is 18.4 Å². The summed E-state index contributed by atoms with van der Waals surface area (Å²) < 4.78 is 31.8. The fourth-order valence-corrected chi connectivity index (χ4v) is 3.98. The first-order chi connectivity index (χ1) is 12.5. The van der Waals surface area contributed by atoms with Crippen molar-refractivity contribution in [2.24, 2.45) is 0 Å². The van der Waals surface area contributed by atoms with E-state index in [0.29, 0.717) is 22.3 Å². The second-order valence-corrected chi connectivity index (χ2v) is 7.65. The number of nitrogen functional groups attached to an aromatic ring is 1. The Kier molecular flexibility index (Phi) is 3.73. The number of para-hydroxylation sites is 1. The smallest absolute Gasteiger partial charge is 0.223 e. The van der Waals surface area contributed by atoms with Crippen LogP contribution in [0.4, 0.5) is 5.95 Å². The summed E-state index contributed by atoms with van der Waals surface area (Å²) in [5.74, 6) is 0.479. The second-order valence-electron chi connectivity index (χ2n) is 5.66. The number of rotatable bonds is 4. The van der Waals surface area contributed by atoms with Crippen LogP contribution < -0.4 is 10.5 Å². The van der Waals surface area contributed by atoms with Gasteiger partial charge < -0.3 is 10.5 Å². The molecule has 0 aliphatic rings. The number of nitrogens with two attached hydrogens (primary N) is 1. The minimum atomic E-state index is -3.56. The van der Waals surface area contributed by atoms with Crippen LogP contribution in [0.2, 0.25) is 0 Å². The molecule has 0 aliphatic carbocycles. The predicted octanol–water partition coefficient (Wildman–Crippen LogP) is 1.84. The fraction of sp³-hybridized carbons (Fsp3) is 0.118. The minimum absolute atomic E-state index is 0.104. The van der Waals surface area contributed by atoms with Crippen molar-refractivity contribution in [2.45, 2.75) is 10.6 Å². The Morgan fingerprint density at radius 2 is 1.85 bits per heavy atom. The number of nitrogens with zero attached hydrogens (tertiary/aromatic N) is 4. The molecule has 2 N–H and O–H groups in total. The summed E-state index contributed by atoms with van der Waals surface area (Å²) in [6, 6.07) is 13.6. The molecule has 0 unspecified atom stereocenters. The molecular formula is C17H15N5O3S. The molecule has 8 nitrogen and oxygen atoms in total. The Balaban J connectivity index is 1.86. The second kappa shape index (κ2) is 5.95. The van der Waals surface area contributed by atoms with Gasteiger partial charge in [-0.3, -0.25) is 0 Å². The third kappa shape index (κ3) is 2.62. The third-order valence-corrected chi connectivity index (χ3v) is 5.60. The van der Waals surface area contributed by atoms with Crippen molar-refractivity contribution in [3.63, 3.8) is 0 Å². The monoisotopic (exact) mass is 369 g/mol. The van der Waals surface area contributed by atoms with E-state index in [-0.39, 0.29) is 22.4 Å². The van der Waals surface area contributed by atoms with Gasteiger partial charge in [-0.05, 0) is 24.3 Å². The van der Waals surface area contributed by atoms with E-state index in [4.69, 9.17) is 10.5 Å². The number of sulfone groups is 1. The number of methoxy groups -OCH3 is 1. The van der Waals surface area contributed by atoms with E-state index < -0.39 is 9.84 Å². The standard InChI is InChI=1S/C17H15N5O3S/c1-25-13-9-5-8-12-15(13)20-17(18)22-16(12)19-14(21-22)10-26(23,24)11-6-3-2-4-7-11/h2-9H,10H2,1H3,(H2,18,20). The molecule has 9 heteroatoms. The molecule has 2 heterocycles. The first-order valence-electron chi connectivity index (χ1n) is 7.75. The van der Waals surface area contributed by atoms with Crippen molar-refractivity contribution < 1.29 is 13.2 Å². The number of hydrogen-bond acceptors (Lipinski definition) is 7. The number of hydrogen-bond donors (Lipinski definition) is 1. The molecule has 0 fully saturated rings. The van der Waals surface area contributed by atoms with E-state index in [1.165, 1.54) is 4.52 Å². The van der Waals surface area contributed by atoms with Crippen LogP contribution in [0, 0.1) is 0 Å². The number of anilines is 1. The summed E-state index contributed by atoms with van der Waals surface area (Å²) in [6.45, 7) is 0. The molecular weight excluding hydrogens is 354 g/mol. The van der Waals surface area contributed by atoms with Crippen LogP contribution in [0.15, 0.2) is 53.4 Å². The summed E-state index contributed by atoms with van der Waals surface area (Å²) >= 11 is 0. The Morgan fingerprint density at radius 1 is 1.08 bits per heavy atom. The van der Waals surface area contributed by atoms with E-state index in [1.807, 2.05) is 6.07 Å². The first kappa shape index (κ1) is 16.3. The zero-order chi connectivity index (χ0) is 18.3. The SMILES string of the molecule is COc1cccc2c1nc(N)n1nc(CS(=O)(=O)c3ccccc3)nc21. The zero-order valence-electron chi connectivity index (χ0n) is 13.8. The summed E-state index contributed by atoms with van der Waals surface area (Å²) in [5.41, 5.74) is 6.96. The molecule has 0 atom stereocenters. The van der Waals surface area contributed by atoms with Crippen LogP contribution in [0.3, 0.4) is 0 Å². The summed E-state index contributed by atoms with van der Waals surface area (Å²) in [4.78, 5) is 8.91. The maximum absolute atomic E-state index is 12.6. The molecule has 0 saturated heterocycles. The average molecular weight is 369 g/mol. The maximum Gasteiger partial charge on any atom is 0.223 e. The Hall–Kier alpha value is -3.20. The lowest BCUT2D eigenvalue weighted by atomic mass is 10.2. The van der Waals surface area contributed by atoms with Crippen molar-refractivity contribution in [3.05, 3.63) is 54.4 Å². The molecule has 0 amide bonds. The highest BCUT2D eigenvalue weighted by Gasteiger charge is 2.20. The molecule has 0 aliphatic heterocycles. The van der Waals surface area contributed by atoms with Gasteiger partial charge in [-0.15, -0.1) is 5.10 Å². The Labute approximate surface area is 149 Å². The summed E-state index contributed by atoms with van der Waals surface area (Å²) in [7, 11) is -2.02. The molecule has 132 valence electrons. The average Bonchev–Trinajstić information content (AvgIpc) is 3.06. The normalized spacial score (nSPS) is 11.9. The van der Waals surface area contributed by atoms with Crippen molar-refractivity contribution in [1.82, 2.24) is 19.6 Å². The van der Waals surface area contributed by atoms with E-state index in [1.54, 1.807) is 49.6 Å². The molecule has 0 bridgehead atoms. The molecule has 2 aromatic carbocycles. The van der Waals surface area contributed by atoms with Gasteiger partial charge in [-0.1, -0.05) is 24.3 Å². The fourth-order valence-electron chi connectivity index (χ4n) is 2.78. The van der Waals surface area contributed by atoms with Gasteiger partial charge in [0.2, 0.25) is 5.95 Å². The van der Waals surface area contributed by atoms with Crippen LogP contribution >= 0.6 is 0 Å². The minimum Gasteiger partial charge on any atom is -0.494 e. The quantitative estimate of drug-likeness (QED) is 0.584. The number of benzene rings is 2. The highest BCUT2D eigenvalue weighted by molar-refractivity contribution is 7.90. The Bertz CT molecular complexity index is 1220. The molecule has 0 radical (unpaired) electrons. The molecule has 26 heavy (non-hydrogen) atoms. The van der Waals surface area contributed by atoms with Gasteiger partial charge >= 0.3 is 0 Å². The van der Waals surface area contributed by atoms with E-state index >= 15 is 0 Å². The molecule has 4 aromatic rings. The van der Waals surface area contributed by atoms with Gasteiger partial charge in [-0.2, -0.15) is 4.52 Å². The van der Waals surface area contributed by atoms with Gasteiger partial charge in [0.05, 0.1) is 12.0 Å². The zero-order valence-corrected chi connectivity index (χ0v) is 14.6. The van der Waals surface area contributed by atoms with Gasteiger partial charge in [0.15, 0.2) is 21.3 Å². The van der Waals surface area contributed by atoms with Crippen molar-refractivity contribution in [3.8, 4) is 5.75 Å². The van der Waals surface area contributed by atoms with Gasteiger partial charge in [0, 0.05) is 5.39 Å². The topological polar surface area (TPSA) is 112 Å². The highest BCUT2D eigenvalue weighted by atomic mass is 32.2. The maximum atomic E-state index is 12.6. The lowest BCUT2D eigenvalue weighted by molar-refractivity contribution is 0.419. The number of fused-ring (bicyclic) bond motifs is 3. The van der Waals surface area contributed by atoms with E-state index in [2.05, 4.69) is 15.1 Å². The Morgan fingerprint density at radius 3 is 2.58 bits per heavy atom. The van der Waals surface area contributed by atoms with Gasteiger partial charge in [0.1, 0.15) is 17.0 Å². The lowest BCUT2D eigenvalue weighted by Gasteiger charge is -2.06.